The van der Waals surface area contributed by atoms with E-state index in [2.05, 4.69) is 37.3 Å². The SMILES string of the molecule is Cc1ccc(CCC(C#N)c2ccccc2)cc1. The Morgan fingerprint density at radius 3 is 2.28 bits per heavy atom. The van der Waals surface area contributed by atoms with Crippen LogP contribution < -0.4 is 0 Å². The van der Waals surface area contributed by atoms with Crippen molar-refractivity contribution >= 4 is 0 Å². The van der Waals surface area contributed by atoms with Crippen LogP contribution in [-0.2, 0) is 6.42 Å². The smallest absolute Gasteiger partial charge is 0.0715 e. The lowest BCUT2D eigenvalue weighted by Crippen LogP contribution is -1.98. The molecule has 18 heavy (non-hydrogen) atoms. The molecule has 1 unspecified atom stereocenters. The van der Waals surface area contributed by atoms with Gasteiger partial charge in [0, 0.05) is 0 Å². The second kappa shape index (κ2) is 6.02. The molecule has 0 spiro atoms. The summed E-state index contributed by atoms with van der Waals surface area (Å²) >= 11 is 0. The van der Waals surface area contributed by atoms with Gasteiger partial charge in [-0.25, -0.2) is 0 Å². The van der Waals surface area contributed by atoms with Gasteiger partial charge in [-0.15, -0.1) is 0 Å². The van der Waals surface area contributed by atoms with Crippen LogP contribution in [0.3, 0.4) is 0 Å². The van der Waals surface area contributed by atoms with Gasteiger partial charge in [-0.2, -0.15) is 5.26 Å². The molecular weight excluding hydrogens is 218 g/mol. The Morgan fingerprint density at radius 1 is 1.00 bits per heavy atom. The van der Waals surface area contributed by atoms with Crippen molar-refractivity contribution in [2.75, 3.05) is 0 Å². The number of aryl methyl sites for hydroxylation is 2. The first kappa shape index (κ1) is 12.4. The topological polar surface area (TPSA) is 23.8 Å². The molecule has 0 aliphatic heterocycles. The van der Waals surface area contributed by atoms with Crippen molar-refractivity contribution < 1.29 is 0 Å². The van der Waals surface area contributed by atoms with E-state index < -0.39 is 0 Å². The van der Waals surface area contributed by atoms with E-state index in [4.69, 9.17) is 0 Å². The van der Waals surface area contributed by atoms with Crippen molar-refractivity contribution in [3.8, 4) is 6.07 Å². The predicted octanol–water partition coefficient (Wildman–Crippen LogP) is 4.24. The third kappa shape index (κ3) is 3.21. The molecule has 1 atom stereocenters. The lowest BCUT2D eigenvalue weighted by atomic mass is 9.93. The molecule has 0 bridgehead atoms. The summed E-state index contributed by atoms with van der Waals surface area (Å²) in [6.07, 6.45) is 1.83. The highest BCUT2D eigenvalue weighted by Crippen LogP contribution is 2.20. The molecule has 0 aliphatic carbocycles. The van der Waals surface area contributed by atoms with Crippen LogP contribution in [0.25, 0.3) is 0 Å². The fourth-order valence-electron chi connectivity index (χ4n) is 2.06. The molecule has 1 nitrogen and oxygen atoms in total. The number of hydrogen-bond acceptors (Lipinski definition) is 1. The molecule has 2 aromatic carbocycles. The minimum atomic E-state index is -0.00694. The van der Waals surface area contributed by atoms with E-state index in [0.717, 1.165) is 18.4 Å². The van der Waals surface area contributed by atoms with Gasteiger partial charge in [0.25, 0.3) is 0 Å². The standard InChI is InChI=1S/C17H17N/c1-14-7-9-15(10-8-14)11-12-17(13-18)16-5-3-2-4-6-16/h2-10,17H,11-12H2,1H3. The summed E-state index contributed by atoms with van der Waals surface area (Å²) in [5.41, 5.74) is 3.70. The molecule has 0 radical (unpaired) electrons. The minimum absolute atomic E-state index is 0.00694. The van der Waals surface area contributed by atoms with Crippen molar-refractivity contribution in [3.63, 3.8) is 0 Å². The van der Waals surface area contributed by atoms with Crippen molar-refractivity contribution in [1.82, 2.24) is 0 Å². The zero-order valence-corrected chi connectivity index (χ0v) is 10.6. The van der Waals surface area contributed by atoms with Gasteiger partial charge >= 0.3 is 0 Å². The van der Waals surface area contributed by atoms with Crippen molar-refractivity contribution in [2.24, 2.45) is 0 Å². The highest BCUT2D eigenvalue weighted by Gasteiger charge is 2.09. The molecule has 1 heteroatoms. The van der Waals surface area contributed by atoms with E-state index in [1.165, 1.54) is 11.1 Å². The Hall–Kier alpha value is -2.07. The monoisotopic (exact) mass is 235 g/mol. The second-order valence-electron chi connectivity index (χ2n) is 4.62. The number of nitriles is 1. The third-order valence-corrected chi connectivity index (χ3v) is 3.20. The largest absolute Gasteiger partial charge is 0.198 e. The quantitative estimate of drug-likeness (QED) is 0.777. The van der Waals surface area contributed by atoms with Gasteiger partial charge < -0.3 is 0 Å². The van der Waals surface area contributed by atoms with E-state index in [-0.39, 0.29) is 5.92 Å². The molecule has 0 heterocycles. The molecule has 0 aromatic heterocycles. The maximum absolute atomic E-state index is 9.25. The second-order valence-corrected chi connectivity index (χ2v) is 4.62. The summed E-state index contributed by atoms with van der Waals surface area (Å²) in [6, 6.07) is 21.0. The molecular formula is C17H17N. The number of rotatable bonds is 4. The molecule has 0 N–H and O–H groups in total. The molecule has 0 saturated carbocycles. The van der Waals surface area contributed by atoms with Crippen LogP contribution in [0.4, 0.5) is 0 Å². The highest BCUT2D eigenvalue weighted by molar-refractivity contribution is 5.26. The van der Waals surface area contributed by atoms with Crippen molar-refractivity contribution in [3.05, 3.63) is 71.3 Å². The average molecular weight is 235 g/mol. The Kier molecular flexibility index (Phi) is 4.15. The fourth-order valence-corrected chi connectivity index (χ4v) is 2.06. The van der Waals surface area contributed by atoms with Gasteiger partial charge in [-0.3, -0.25) is 0 Å². The summed E-state index contributed by atoms with van der Waals surface area (Å²) in [6.45, 7) is 2.09. The van der Waals surface area contributed by atoms with Crippen LogP contribution in [-0.4, -0.2) is 0 Å². The Bertz CT molecular complexity index is 520. The normalized spacial score (nSPS) is 11.8. The van der Waals surface area contributed by atoms with E-state index in [1.807, 2.05) is 30.3 Å². The molecule has 90 valence electrons. The highest BCUT2D eigenvalue weighted by atomic mass is 14.3. The summed E-state index contributed by atoms with van der Waals surface area (Å²) in [4.78, 5) is 0. The molecule has 2 aromatic rings. The van der Waals surface area contributed by atoms with E-state index in [0.29, 0.717) is 0 Å². The lowest BCUT2D eigenvalue weighted by Gasteiger charge is -2.09. The first-order valence-electron chi connectivity index (χ1n) is 6.29. The van der Waals surface area contributed by atoms with Crippen LogP contribution in [0.5, 0.6) is 0 Å². The molecule has 0 aliphatic rings. The fraction of sp³-hybridized carbons (Fsp3) is 0.235. The summed E-state index contributed by atoms with van der Waals surface area (Å²) in [5, 5.41) is 9.25. The Balaban J connectivity index is 2.00. The minimum Gasteiger partial charge on any atom is -0.198 e. The zero-order chi connectivity index (χ0) is 12.8. The summed E-state index contributed by atoms with van der Waals surface area (Å²) in [5.74, 6) is -0.00694. The van der Waals surface area contributed by atoms with Gasteiger partial charge in [0.2, 0.25) is 0 Å². The third-order valence-electron chi connectivity index (χ3n) is 3.20. The number of hydrogen-bond donors (Lipinski definition) is 0. The van der Waals surface area contributed by atoms with Crippen LogP contribution >= 0.6 is 0 Å². The Morgan fingerprint density at radius 2 is 1.67 bits per heavy atom. The van der Waals surface area contributed by atoms with Gasteiger partial charge in [0.1, 0.15) is 0 Å². The van der Waals surface area contributed by atoms with Crippen LogP contribution in [0.2, 0.25) is 0 Å². The predicted molar refractivity (Wildman–Crippen MR) is 74.3 cm³/mol. The Labute approximate surface area is 109 Å². The summed E-state index contributed by atoms with van der Waals surface area (Å²) in [7, 11) is 0. The van der Waals surface area contributed by atoms with Gasteiger partial charge in [-0.05, 0) is 30.9 Å². The number of benzene rings is 2. The molecule has 0 fully saturated rings. The number of nitrogens with zero attached hydrogens (tertiary/aromatic N) is 1. The van der Waals surface area contributed by atoms with Crippen LogP contribution in [0.15, 0.2) is 54.6 Å². The van der Waals surface area contributed by atoms with Gasteiger partial charge in [0.15, 0.2) is 0 Å². The summed E-state index contributed by atoms with van der Waals surface area (Å²) < 4.78 is 0. The zero-order valence-electron chi connectivity index (χ0n) is 10.6. The van der Waals surface area contributed by atoms with Gasteiger partial charge in [0.05, 0.1) is 12.0 Å². The van der Waals surface area contributed by atoms with E-state index in [9.17, 15) is 5.26 Å². The lowest BCUT2D eigenvalue weighted by molar-refractivity contribution is 0.746. The van der Waals surface area contributed by atoms with Crippen molar-refractivity contribution in [1.29, 1.82) is 5.26 Å². The van der Waals surface area contributed by atoms with Crippen molar-refractivity contribution in [2.45, 2.75) is 25.7 Å². The van der Waals surface area contributed by atoms with E-state index in [1.54, 1.807) is 0 Å². The average Bonchev–Trinajstić information content (AvgIpc) is 2.43. The van der Waals surface area contributed by atoms with Gasteiger partial charge in [-0.1, -0.05) is 60.2 Å². The first-order valence-corrected chi connectivity index (χ1v) is 6.29. The van der Waals surface area contributed by atoms with E-state index >= 15 is 0 Å². The van der Waals surface area contributed by atoms with Crippen LogP contribution in [0, 0.1) is 18.3 Å². The maximum Gasteiger partial charge on any atom is 0.0715 e. The maximum atomic E-state index is 9.25. The first-order chi connectivity index (χ1) is 8.79. The molecule has 2 rings (SSSR count). The van der Waals surface area contributed by atoms with Crippen LogP contribution in [0.1, 0.15) is 29.0 Å². The molecule has 0 amide bonds. The molecule has 0 saturated heterocycles.